The zero-order valence-electron chi connectivity index (χ0n) is 17.5. The molecule has 0 aliphatic rings. The standard InChI is InChI=1S/C25H17F3N2O2S2/c26-25(27,28)17-5-7-18(8-6-17)30-13-21-16(2-1-3-22(21)29-30)14-33-19-9-4-15-10-20(12-24(31)32)34-23(15)11-19/h1-11,13H,12,14H2,(H,31,32). The van der Waals surface area contributed by atoms with Gasteiger partial charge in [-0.2, -0.15) is 18.3 Å². The highest BCUT2D eigenvalue weighted by molar-refractivity contribution is 7.98. The van der Waals surface area contributed by atoms with Crippen molar-refractivity contribution in [2.45, 2.75) is 23.2 Å². The Morgan fingerprint density at radius 2 is 1.85 bits per heavy atom. The van der Waals surface area contributed by atoms with Gasteiger partial charge in [0.05, 0.1) is 23.2 Å². The number of carboxylic acids is 1. The maximum Gasteiger partial charge on any atom is 0.416 e. The van der Waals surface area contributed by atoms with Crippen LogP contribution in [-0.4, -0.2) is 20.9 Å². The van der Waals surface area contributed by atoms with Gasteiger partial charge in [-0.15, -0.1) is 23.1 Å². The van der Waals surface area contributed by atoms with E-state index >= 15 is 0 Å². The van der Waals surface area contributed by atoms with Crippen LogP contribution in [0.25, 0.3) is 26.7 Å². The van der Waals surface area contributed by atoms with E-state index in [0.717, 1.165) is 48.5 Å². The van der Waals surface area contributed by atoms with Crippen LogP contribution in [0.3, 0.4) is 0 Å². The van der Waals surface area contributed by atoms with Gasteiger partial charge in [0.2, 0.25) is 0 Å². The SMILES string of the molecule is O=C(O)Cc1cc2ccc(SCc3cccc4nn(-c5ccc(C(F)(F)F)cc5)cc34)cc2s1. The van der Waals surface area contributed by atoms with Gasteiger partial charge in [0.1, 0.15) is 0 Å². The molecule has 5 aromatic rings. The number of nitrogens with zero attached hydrogens (tertiary/aromatic N) is 2. The van der Waals surface area contributed by atoms with E-state index in [-0.39, 0.29) is 6.42 Å². The Bertz CT molecular complexity index is 1500. The van der Waals surface area contributed by atoms with E-state index in [1.54, 1.807) is 16.4 Å². The van der Waals surface area contributed by atoms with Crippen molar-refractivity contribution in [2.24, 2.45) is 0 Å². The smallest absolute Gasteiger partial charge is 0.416 e. The number of carbonyl (C=O) groups is 1. The van der Waals surface area contributed by atoms with Crippen LogP contribution in [0.4, 0.5) is 13.2 Å². The second kappa shape index (κ2) is 8.81. The van der Waals surface area contributed by atoms with Gasteiger partial charge < -0.3 is 5.11 Å². The van der Waals surface area contributed by atoms with Crippen molar-refractivity contribution in [1.82, 2.24) is 9.78 Å². The molecule has 0 aliphatic carbocycles. The summed E-state index contributed by atoms with van der Waals surface area (Å²) in [6.45, 7) is 0. The third-order valence-electron chi connectivity index (χ3n) is 5.36. The van der Waals surface area contributed by atoms with E-state index in [0.29, 0.717) is 11.4 Å². The lowest BCUT2D eigenvalue weighted by Gasteiger charge is -2.07. The maximum absolute atomic E-state index is 12.9. The molecule has 0 atom stereocenters. The van der Waals surface area contributed by atoms with Gasteiger partial charge in [0.25, 0.3) is 0 Å². The summed E-state index contributed by atoms with van der Waals surface area (Å²) in [5.41, 5.74) is 1.70. The molecule has 34 heavy (non-hydrogen) atoms. The van der Waals surface area contributed by atoms with Gasteiger partial charge in [0, 0.05) is 31.8 Å². The highest BCUT2D eigenvalue weighted by Crippen LogP contribution is 2.33. The van der Waals surface area contributed by atoms with Gasteiger partial charge in [0.15, 0.2) is 0 Å². The minimum atomic E-state index is -4.37. The maximum atomic E-state index is 12.9. The first-order valence-corrected chi connectivity index (χ1v) is 12.1. The molecular weight excluding hydrogens is 481 g/mol. The van der Waals surface area contributed by atoms with Crippen molar-refractivity contribution in [3.05, 3.63) is 88.9 Å². The number of halogens is 3. The molecular formula is C25H17F3N2O2S2. The number of rotatable bonds is 6. The van der Waals surface area contributed by atoms with E-state index in [1.807, 2.05) is 42.6 Å². The Hall–Kier alpha value is -3.30. The van der Waals surface area contributed by atoms with Gasteiger partial charge in [-0.3, -0.25) is 4.79 Å². The normalized spacial score (nSPS) is 12.0. The first-order chi connectivity index (χ1) is 16.3. The van der Waals surface area contributed by atoms with Crippen molar-refractivity contribution in [3.8, 4) is 5.69 Å². The van der Waals surface area contributed by atoms with Crippen molar-refractivity contribution in [2.75, 3.05) is 0 Å². The van der Waals surface area contributed by atoms with Crippen molar-refractivity contribution in [1.29, 1.82) is 0 Å². The third kappa shape index (κ3) is 4.67. The average molecular weight is 499 g/mol. The molecule has 0 saturated heterocycles. The Morgan fingerprint density at radius 1 is 1.06 bits per heavy atom. The predicted octanol–water partition coefficient (Wildman–Crippen LogP) is 7.18. The summed E-state index contributed by atoms with van der Waals surface area (Å²) in [6.07, 6.45) is -2.51. The van der Waals surface area contributed by atoms with Crippen molar-refractivity contribution >= 4 is 50.1 Å². The molecule has 0 radical (unpaired) electrons. The molecule has 2 heterocycles. The van der Waals surface area contributed by atoms with Crippen LogP contribution >= 0.6 is 23.1 Å². The molecule has 1 N–H and O–H groups in total. The van der Waals surface area contributed by atoms with E-state index in [9.17, 15) is 18.0 Å². The molecule has 5 rings (SSSR count). The summed E-state index contributed by atoms with van der Waals surface area (Å²) in [6, 6.07) is 18.8. The Balaban J connectivity index is 1.37. The summed E-state index contributed by atoms with van der Waals surface area (Å²) in [5, 5.41) is 15.5. The highest BCUT2D eigenvalue weighted by Gasteiger charge is 2.30. The van der Waals surface area contributed by atoms with Crippen LogP contribution in [0.5, 0.6) is 0 Å². The lowest BCUT2D eigenvalue weighted by atomic mass is 10.1. The minimum absolute atomic E-state index is 0.0206. The Labute approximate surface area is 200 Å². The van der Waals surface area contributed by atoms with Crippen LogP contribution in [-0.2, 0) is 23.1 Å². The number of thiophene rings is 1. The molecule has 0 spiro atoms. The second-order valence-corrected chi connectivity index (χ2v) is 9.96. The lowest BCUT2D eigenvalue weighted by molar-refractivity contribution is -0.138. The first-order valence-electron chi connectivity index (χ1n) is 10.3. The largest absolute Gasteiger partial charge is 0.481 e. The van der Waals surface area contributed by atoms with E-state index in [1.165, 1.54) is 23.5 Å². The molecule has 3 aromatic carbocycles. The third-order valence-corrected chi connectivity index (χ3v) is 7.50. The molecule has 172 valence electrons. The van der Waals surface area contributed by atoms with Gasteiger partial charge in [-0.1, -0.05) is 18.2 Å². The topological polar surface area (TPSA) is 55.1 Å². The fraction of sp³-hybridized carbons (Fsp3) is 0.120. The molecule has 4 nitrogen and oxygen atoms in total. The second-order valence-electron chi connectivity index (χ2n) is 7.74. The zero-order chi connectivity index (χ0) is 23.9. The van der Waals surface area contributed by atoms with Crippen LogP contribution in [0.2, 0.25) is 0 Å². The Morgan fingerprint density at radius 3 is 2.59 bits per heavy atom. The number of aromatic nitrogens is 2. The molecule has 0 saturated carbocycles. The number of alkyl halides is 3. The number of thioether (sulfide) groups is 1. The Kier molecular flexibility index (Phi) is 5.83. The van der Waals surface area contributed by atoms with Crippen LogP contribution < -0.4 is 0 Å². The molecule has 9 heteroatoms. The number of benzene rings is 3. The fourth-order valence-electron chi connectivity index (χ4n) is 3.72. The van der Waals surface area contributed by atoms with Crippen molar-refractivity contribution in [3.63, 3.8) is 0 Å². The molecule has 0 fully saturated rings. The summed E-state index contributed by atoms with van der Waals surface area (Å²) >= 11 is 3.15. The van der Waals surface area contributed by atoms with Crippen LogP contribution in [0.15, 0.2) is 77.8 Å². The first kappa shape index (κ1) is 22.5. The molecule has 0 amide bonds. The summed E-state index contributed by atoms with van der Waals surface area (Å²) in [5.74, 6) is -0.152. The van der Waals surface area contributed by atoms with Gasteiger partial charge in [-0.05, 0) is 59.5 Å². The summed E-state index contributed by atoms with van der Waals surface area (Å²) < 4.78 is 41.2. The highest BCUT2D eigenvalue weighted by atomic mass is 32.2. The average Bonchev–Trinajstić information content (AvgIpc) is 3.40. The van der Waals surface area contributed by atoms with Crippen LogP contribution in [0.1, 0.15) is 16.0 Å². The minimum Gasteiger partial charge on any atom is -0.481 e. The van der Waals surface area contributed by atoms with Gasteiger partial charge >= 0.3 is 12.1 Å². The number of aliphatic carboxylic acids is 1. The lowest BCUT2D eigenvalue weighted by Crippen LogP contribution is -2.05. The summed E-state index contributed by atoms with van der Waals surface area (Å²) in [4.78, 5) is 12.9. The van der Waals surface area contributed by atoms with E-state index in [2.05, 4.69) is 11.2 Å². The predicted molar refractivity (Wildman–Crippen MR) is 129 cm³/mol. The number of carboxylic acid groups (broad SMARTS) is 1. The van der Waals surface area contributed by atoms with E-state index < -0.39 is 17.7 Å². The quantitative estimate of drug-likeness (QED) is 0.252. The zero-order valence-corrected chi connectivity index (χ0v) is 19.2. The van der Waals surface area contributed by atoms with E-state index in [4.69, 9.17) is 5.11 Å². The fourth-order valence-corrected chi connectivity index (χ4v) is 5.83. The monoisotopic (exact) mass is 498 g/mol. The van der Waals surface area contributed by atoms with Gasteiger partial charge in [-0.25, -0.2) is 4.68 Å². The molecule has 0 bridgehead atoms. The van der Waals surface area contributed by atoms with Crippen LogP contribution in [0, 0.1) is 0 Å². The molecule has 0 aliphatic heterocycles. The number of hydrogen-bond donors (Lipinski definition) is 1. The summed E-state index contributed by atoms with van der Waals surface area (Å²) in [7, 11) is 0. The molecule has 0 unspecified atom stereocenters. The number of hydrogen-bond acceptors (Lipinski definition) is 4. The number of fused-ring (bicyclic) bond motifs is 2. The molecule has 2 aromatic heterocycles. The van der Waals surface area contributed by atoms with Crippen molar-refractivity contribution < 1.29 is 23.1 Å².